The van der Waals surface area contributed by atoms with Crippen LogP contribution in [-0.2, 0) is 10.0 Å². The number of benzene rings is 2. The molecular formula is C17H15BrCl2N2O4S. The van der Waals surface area contributed by atoms with E-state index in [1.165, 1.54) is 27.4 Å². The number of hydrogen-bond donors (Lipinski definition) is 1. The Bertz CT molecular complexity index is 969. The van der Waals surface area contributed by atoms with Crippen molar-refractivity contribution in [1.82, 2.24) is 9.21 Å². The van der Waals surface area contributed by atoms with Gasteiger partial charge in [-0.1, -0.05) is 45.2 Å². The van der Waals surface area contributed by atoms with E-state index in [0.717, 1.165) is 0 Å². The molecule has 1 heterocycles. The number of halogens is 3. The van der Waals surface area contributed by atoms with Crippen molar-refractivity contribution in [3.05, 3.63) is 56.5 Å². The van der Waals surface area contributed by atoms with E-state index in [-0.39, 0.29) is 58.3 Å². The van der Waals surface area contributed by atoms with E-state index in [4.69, 9.17) is 23.2 Å². The number of carbonyl (C=O) groups excluding carboxylic acids is 1. The van der Waals surface area contributed by atoms with Crippen molar-refractivity contribution in [3.8, 4) is 5.75 Å². The van der Waals surface area contributed by atoms with Gasteiger partial charge in [-0.3, -0.25) is 4.79 Å². The van der Waals surface area contributed by atoms with Crippen LogP contribution < -0.4 is 0 Å². The largest absolute Gasteiger partial charge is 0.505 e. The van der Waals surface area contributed by atoms with Gasteiger partial charge in [-0.05, 0) is 30.3 Å². The molecular weight excluding hydrogens is 479 g/mol. The predicted molar refractivity (Wildman–Crippen MR) is 107 cm³/mol. The Labute approximate surface area is 175 Å². The van der Waals surface area contributed by atoms with E-state index in [1.807, 2.05) is 0 Å². The van der Waals surface area contributed by atoms with Crippen LogP contribution in [0.1, 0.15) is 10.4 Å². The lowest BCUT2D eigenvalue weighted by molar-refractivity contribution is 0.0698. The number of nitrogens with zero attached hydrogens (tertiary/aromatic N) is 2. The molecule has 1 N–H and O–H groups in total. The Balaban J connectivity index is 1.73. The zero-order chi connectivity index (χ0) is 19.8. The highest BCUT2D eigenvalue weighted by Crippen LogP contribution is 2.33. The number of rotatable bonds is 3. The van der Waals surface area contributed by atoms with Gasteiger partial charge >= 0.3 is 0 Å². The normalized spacial score (nSPS) is 15.7. The number of sulfonamides is 1. The number of phenols is 1. The average Bonchev–Trinajstić information content (AvgIpc) is 2.65. The van der Waals surface area contributed by atoms with Gasteiger partial charge in [0.1, 0.15) is 0 Å². The Hall–Kier alpha value is -1.32. The Kier molecular flexibility index (Phi) is 6.02. The molecule has 0 aromatic heterocycles. The fourth-order valence-electron chi connectivity index (χ4n) is 2.78. The van der Waals surface area contributed by atoms with Crippen LogP contribution in [0.15, 0.2) is 45.8 Å². The van der Waals surface area contributed by atoms with Crippen LogP contribution in [0.3, 0.4) is 0 Å². The second-order valence-corrected chi connectivity index (χ2v) is 9.61. The molecule has 0 atom stereocenters. The molecule has 1 aliphatic rings. The first kappa shape index (κ1) is 20.4. The summed E-state index contributed by atoms with van der Waals surface area (Å²) >= 11 is 15.0. The highest BCUT2D eigenvalue weighted by atomic mass is 79.9. The fourth-order valence-corrected chi connectivity index (χ4v) is 5.29. The molecule has 6 nitrogen and oxygen atoms in total. The van der Waals surface area contributed by atoms with Gasteiger partial charge in [-0.2, -0.15) is 4.31 Å². The molecule has 0 unspecified atom stereocenters. The van der Waals surface area contributed by atoms with E-state index in [1.54, 1.807) is 18.2 Å². The standard InChI is InChI=1S/C17H15BrCl2N2O4S/c18-12-2-1-3-13(10-12)27(25,26)22-6-4-21(5-7-22)17(24)11-8-14(19)16(23)15(20)9-11/h1-3,8-10,23H,4-7H2. The smallest absolute Gasteiger partial charge is 0.254 e. The molecule has 0 aliphatic carbocycles. The highest BCUT2D eigenvalue weighted by Gasteiger charge is 2.30. The summed E-state index contributed by atoms with van der Waals surface area (Å²) in [5, 5.41) is 9.58. The quantitative estimate of drug-likeness (QED) is 0.708. The van der Waals surface area contributed by atoms with Crippen LogP contribution in [0.2, 0.25) is 10.0 Å². The number of piperazine rings is 1. The summed E-state index contributed by atoms with van der Waals surface area (Å²) < 4.78 is 27.5. The lowest BCUT2D eigenvalue weighted by atomic mass is 10.1. The highest BCUT2D eigenvalue weighted by molar-refractivity contribution is 9.10. The van der Waals surface area contributed by atoms with Crippen molar-refractivity contribution < 1.29 is 18.3 Å². The van der Waals surface area contributed by atoms with E-state index < -0.39 is 10.0 Å². The zero-order valence-corrected chi connectivity index (χ0v) is 17.8. The van der Waals surface area contributed by atoms with Crippen molar-refractivity contribution in [3.63, 3.8) is 0 Å². The van der Waals surface area contributed by atoms with Crippen LogP contribution in [0.5, 0.6) is 5.75 Å². The van der Waals surface area contributed by atoms with E-state index in [9.17, 15) is 18.3 Å². The van der Waals surface area contributed by atoms with Crippen molar-refractivity contribution in [2.45, 2.75) is 4.90 Å². The second kappa shape index (κ2) is 7.97. The van der Waals surface area contributed by atoms with Crippen molar-refractivity contribution in [2.24, 2.45) is 0 Å². The maximum absolute atomic E-state index is 12.8. The van der Waals surface area contributed by atoms with Crippen LogP contribution in [0.4, 0.5) is 0 Å². The van der Waals surface area contributed by atoms with Crippen LogP contribution in [0, 0.1) is 0 Å². The van der Waals surface area contributed by atoms with Gasteiger partial charge in [-0.15, -0.1) is 0 Å². The van der Waals surface area contributed by atoms with Gasteiger partial charge in [-0.25, -0.2) is 8.42 Å². The Morgan fingerprint density at radius 3 is 2.19 bits per heavy atom. The molecule has 0 bridgehead atoms. The van der Waals surface area contributed by atoms with Crippen LogP contribution >= 0.6 is 39.1 Å². The second-order valence-electron chi connectivity index (χ2n) is 5.94. The number of hydrogen-bond acceptors (Lipinski definition) is 4. The average molecular weight is 494 g/mol. The summed E-state index contributed by atoms with van der Waals surface area (Å²) in [4.78, 5) is 14.4. The van der Waals surface area contributed by atoms with Crippen molar-refractivity contribution in [2.75, 3.05) is 26.2 Å². The summed E-state index contributed by atoms with van der Waals surface area (Å²) in [5.74, 6) is -0.599. The lowest BCUT2D eigenvalue weighted by Crippen LogP contribution is -2.50. The first-order valence-corrected chi connectivity index (χ1v) is 10.9. The number of phenolic OH excluding ortho intramolecular Hbond substituents is 1. The lowest BCUT2D eigenvalue weighted by Gasteiger charge is -2.34. The monoisotopic (exact) mass is 492 g/mol. The third kappa shape index (κ3) is 4.25. The summed E-state index contributed by atoms with van der Waals surface area (Å²) in [6.45, 7) is 0.838. The molecule has 144 valence electrons. The summed E-state index contributed by atoms with van der Waals surface area (Å²) in [5.41, 5.74) is 0.242. The molecule has 3 rings (SSSR count). The molecule has 2 aromatic rings. The van der Waals surface area contributed by atoms with Crippen molar-refractivity contribution in [1.29, 1.82) is 0 Å². The first-order chi connectivity index (χ1) is 12.7. The topological polar surface area (TPSA) is 77.9 Å². The maximum Gasteiger partial charge on any atom is 0.254 e. The van der Waals surface area contributed by atoms with E-state index in [2.05, 4.69) is 15.9 Å². The van der Waals surface area contributed by atoms with Gasteiger partial charge in [0.15, 0.2) is 5.75 Å². The van der Waals surface area contributed by atoms with E-state index in [0.29, 0.717) is 4.47 Å². The number of aromatic hydroxyl groups is 1. The minimum absolute atomic E-state index is 0.0123. The van der Waals surface area contributed by atoms with Crippen molar-refractivity contribution >= 4 is 55.1 Å². The number of amides is 1. The van der Waals surface area contributed by atoms with Gasteiger partial charge in [0.05, 0.1) is 14.9 Å². The third-order valence-corrected chi connectivity index (χ3v) is 7.19. The Morgan fingerprint density at radius 1 is 1.04 bits per heavy atom. The molecule has 1 fully saturated rings. The molecule has 10 heteroatoms. The van der Waals surface area contributed by atoms with E-state index >= 15 is 0 Å². The van der Waals surface area contributed by atoms with Gasteiger partial charge in [0.2, 0.25) is 10.0 Å². The van der Waals surface area contributed by atoms with Crippen LogP contribution in [-0.4, -0.2) is 54.8 Å². The first-order valence-electron chi connectivity index (χ1n) is 7.93. The zero-order valence-electron chi connectivity index (χ0n) is 13.9. The molecule has 0 saturated carbocycles. The summed E-state index contributed by atoms with van der Waals surface area (Å²) in [7, 11) is -3.63. The van der Waals surface area contributed by atoms with Gasteiger partial charge < -0.3 is 10.0 Å². The SMILES string of the molecule is O=C(c1cc(Cl)c(O)c(Cl)c1)N1CCN(S(=O)(=O)c2cccc(Br)c2)CC1. The molecule has 1 aliphatic heterocycles. The van der Waals surface area contributed by atoms with Gasteiger partial charge in [0, 0.05) is 36.2 Å². The minimum atomic E-state index is -3.63. The van der Waals surface area contributed by atoms with Gasteiger partial charge in [0.25, 0.3) is 5.91 Å². The number of carbonyl (C=O) groups is 1. The molecule has 0 radical (unpaired) electrons. The van der Waals surface area contributed by atoms with Crippen LogP contribution in [0.25, 0.3) is 0 Å². The summed E-state index contributed by atoms with van der Waals surface area (Å²) in [6.07, 6.45) is 0. The summed E-state index contributed by atoms with van der Waals surface area (Å²) in [6, 6.07) is 9.19. The molecule has 1 saturated heterocycles. The predicted octanol–water partition coefficient (Wildman–Crippen LogP) is 3.61. The minimum Gasteiger partial charge on any atom is -0.505 e. The maximum atomic E-state index is 12.8. The fraction of sp³-hybridized carbons (Fsp3) is 0.235. The molecule has 27 heavy (non-hydrogen) atoms. The Morgan fingerprint density at radius 2 is 1.63 bits per heavy atom. The molecule has 2 aromatic carbocycles. The molecule has 0 spiro atoms. The third-order valence-electron chi connectivity index (χ3n) is 4.22. The molecule has 1 amide bonds.